The van der Waals surface area contributed by atoms with Gasteiger partial charge in [-0.1, -0.05) is 23.4 Å². The van der Waals surface area contributed by atoms with Crippen molar-refractivity contribution in [3.8, 4) is 28.8 Å². The van der Waals surface area contributed by atoms with Gasteiger partial charge in [-0.25, -0.2) is 4.98 Å². The summed E-state index contributed by atoms with van der Waals surface area (Å²) in [4.78, 5) is 19.5. The van der Waals surface area contributed by atoms with Crippen LogP contribution in [-0.2, 0) is 5.75 Å². The summed E-state index contributed by atoms with van der Waals surface area (Å²) in [6, 6.07) is 14.3. The zero-order chi connectivity index (χ0) is 20.1. The van der Waals surface area contributed by atoms with Crippen molar-refractivity contribution < 1.29 is 9.47 Å². The highest BCUT2D eigenvalue weighted by Gasteiger charge is 2.14. The summed E-state index contributed by atoms with van der Waals surface area (Å²) < 4.78 is 10.5. The molecule has 0 saturated heterocycles. The number of ether oxygens (including phenoxy) is 2. The van der Waals surface area contributed by atoms with E-state index in [0.29, 0.717) is 38.7 Å². The molecule has 8 heteroatoms. The number of methoxy groups -OCH3 is 2. The molecule has 28 heavy (non-hydrogen) atoms. The number of nitriles is 1. The van der Waals surface area contributed by atoms with E-state index < -0.39 is 5.56 Å². The van der Waals surface area contributed by atoms with E-state index in [1.165, 1.54) is 11.8 Å². The maximum absolute atomic E-state index is 12.4. The highest BCUT2D eigenvalue weighted by atomic mass is 35.5. The van der Waals surface area contributed by atoms with E-state index >= 15 is 0 Å². The van der Waals surface area contributed by atoms with Crippen LogP contribution in [0.5, 0.6) is 11.5 Å². The van der Waals surface area contributed by atoms with Gasteiger partial charge in [0, 0.05) is 21.9 Å². The first-order valence-corrected chi connectivity index (χ1v) is 9.56. The minimum atomic E-state index is -0.483. The van der Waals surface area contributed by atoms with Crippen LogP contribution < -0.4 is 15.0 Å². The second-order valence-corrected chi connectivity index (χ2v) is 7.08. The van der Waals surface area contributed by atoms with Crippen LogP contribution in [-0.4, -0.2) is 24.2 Å². The third-order valence-corrected chi connectivity index (χ3v) is 5.14. The quantitative estimate of drug-likeness (QED) is 0.479. The smallest absolute Gasteiger partial charge is 0.270 e. The second-order valence-electron chi connectivity index (χ2n) is 5.68. The molecule has 0 spiro atoms. The highest BCUT2D eigenvalue weighted by Crippen LogP contribution is 2.30. The SMILES string of the molecule is COc1ccc(-c2nc(SCc3cc(Cl)ccc3OC)[nH]c(=O)c2C#N)cc1. The maximum atomic E-state index is 12.4. The van der Waals surface area contributed by atoms with Crippen molar-refractivity contribution in [2.75, 3.05) is 14.2 Å². The van der Waals surface area contributed by atoms with Crippen molar-refractivity contribution in [1.82, 2.24) is 9.97 Å². The molecule has 1 N–H and O–H groups in total. The number of hydrogen-bond donors (Lipinski definition) is 1. The maximum Gasteiger partial charge on any atom is 0.270 e. The molecule has 0 aliphatic carbocycles. The van der Waals surface area contributed by atoms with E-state index in [4.69, 9.17) is 21.1 Å². The first kappa shape index (κ1) is 19.8. The van der Waals surface area contributed by atoms with Crippen LogP contribution in [0.2, 0.25) is 5.02 Å². The van der Waals surface area contributed by atoms with E-state index in [1.54, 1.807) is 56.7 Å². The summed E-state index contributed by atoms with van der Waals surface area (Å²) >= 11 is 7.39. The monoisotopic (exact) mass is 413 g/mol. The molecule has 0 aliphatic rings. The Balaban J connectivity index is 1.95. The van der Waals surface area contributed by atoms with Gasteiger partial charge in [-0.3, -0.25) is 4.79 Å². The molecule has 0 fully saturated rings. The number of rotatable bonds is 6. The summed E-state index contributed by atoms with van der Waals surface area (Å²) in [6.45, 7) is 0. The molecule has 0 bridgehead atoms. The van der Waals surface area contributed by atoms with Crippen LogP contribution in [0.1, 0.15) is 11.1 Å². The van der Waals surface area contributed by atoms with Crippen molar-refractivity contribution >= 4 is 23.4 Å². The zero-order valence-corrected chi connectivity index (χ0v) is 16.7. The number of nitrogens with one attached hydrogen (secondary N) is 1. The van der Waals surface area contributed by atoms with Crippen LogP contribution in [0, 0.1) is 11.3 Å². The first-order valence-electron chi connectivity index (χ1n) is 8.19. The van der Waals surface area contributed by atoms with Crippen LogP contribution in [0.3, 0.4) is 0 Å². The molecule has 0 saturated carbocycles. The Hall–Kier alpha value is -2.95. The highest BCUT2D eigenvalue weighted by molar-refractivity contribution is 7.98. The fourth-order valence-electron chi connectivity index (χ4n) is 2.59. The minimum Gasteiger partial charge on any atom is -0.497 e. The predicted molar refractivity (Wildman–Crippen MR) is 109 cm³/mol. The molecule has 3 aromatic rings. The fourth-order valence-corrected chi connectivity index (χ4v) is 3.62. The Kier molecular flexibility index (Phi) is 6.24. The number of H-pyrrole nitrogens is 1. The molecule has 142 valence electrons. The van der Waals surface area contributed by atoms with Gasteiger partial charge in [0.2, 0.25) is 0 Å². The Morgan fingerprint density at radius 3 is 2.57 bits per heavy atom. The molecule has 1 aromatic heterocycles. The lowest BCUT2D eigenvalue weighted by molar-refractivity contribution is 0.411. The topological polar surface area (TPSA) is 88.0 Å². The lowest BCUT2D eigenvalue weighted by Gasteiger charge is -2.10. The number of nitrogens with zero attached hydrogens (tertiary/aromatic N) is 2. The molecule has 0 aliphatic heterocycles. The van der Waals surface area contributed by atoms with Gasteiger partial charge in [0.05, 0.1) is 19.9 Å². The lowest BCUT2D eigenvalue weighted by atomic mass is 10.1. The van der Waals surface area contributed by atoms with Crippen LogP contribution in [0.4, 0.5) is 0 Å². The molecule has 3 rings (SSSR count). The van der Waals surface area contributed by atoms with Gasteiger partial charge < -0.3 is 14.5 Å². The molecular formula is C20H16ClN3O3S. The molecule has 0 unspecified atom stereocenters. The van der Waals surface area contributed by atoms with Gasteiger partial charge in [0.15, 0.2) is 5.16 Å². The molecular weight excluding hydrogens is 398 g/mol. The summed E-state index contributed by atoms with van der Waals surface area (Å²) in [7, 11) is 3.15. The number of aromatic nitrogens is 2. The number of thioether (sulfide) groups is 1. The molecule has 1 heterocycles. The third-order valence-electron chi connectivity index (χ3n) is 3.98. The van der Waals surface area contributed by atoms with E-state index in [-0.39, 0.29) is 5.56 Å². The molecule has 6 nitrogen and oxygen atoms in total. The first-order chi connectivity index (χ1) is 13.5. The Morgan fingerprint density at radius 2 is 1.93 bits per heavy atom. The zero-order valence-electron chi connectivity index (χ0n) is 15.2. The number of hydrogen-bond acceptors (Lipinski definition) is 6. The fraction of sp³-hybridized carbons (Fsp3) is 0.150. The summed E-state index contributed by atoms with van der Waals surface area (Å²) in [5.74, 6) is 1.86. The molecule has 2 aromatic carbocycles. The van der Waals surface area contributed by atoms with Crippen LogP contribution in [0.15, 0.2) is 52.4 Å². The molecule has 0 amide bonds. The lowest BCUT2D eigenvalue weighted by Crippen LogP contribution is -2.14. The average Bonchev–Trinajstić information content (AvgIpc) is 2.72. The van der Waals surface area contributed by atoms with Crippen molar-refractivity contribution in [3.63, 3.8) is 0 Å². The van der Waals surface area contributed by atoms with Crippen molar-refractivity contribution in [3.05, 3.63) is 69.0 Å². The summed E-state index contributed by atoms with van der Waals surface area (Å²) in [6.07, 6.45) is 0. The average molecular weight is 414 g/mol. The second kappa shape index (κ2) is 8.83. The molecule has 0 atom stereocenters. The Labute approximate surface area is 171 Å². The van der Waals surface area contributed by atoms with Gasteiger partial charge in [0.25, 0.3) is 5.56 Å². The Morgan fingerprint density at radius 1 is 1.18 bits per heavy atom. The van der Waals surface area contributed by atoms with Crippen LogP contribution >= 0.6 is 23.4 Å². The Bertz CT molecular complexity index is 1090. The third kappa shape index (κ3) is 4.30. The number of benzene rings is 2. The standard InChI is InChI=1S/C20H16ClN3O3S/c1-26-15-6-3-12(4-7-15)18-16(10-22)19(25)24-20(23-18)28-11-13-9-14(21)5-8-17(13)27-2/h3-9H,11H2,1-2H3,(H,23,24,25). The van der Waals surface area contributed by atoms with Gasteiger partial charge in [0.1, 0.15) is 23.1 Å². The van der Waals surface area contributed by atoms with Crippen LogP contribution in [0.25, 0.3) is 11.3 Å². The van der Waals surface area contributed by atoms with Gasteiger partial charge in [-0.2, -0.15) is 5.26 Å². The normalized spacial score (nSPS) is 10.4. The summed E-state index contributed by atoms with van der Waals surface area (Å²) in [5, 5.41) is 10.4. The minimum absolute atomic E-state index is 0.0325. The van der Waals surface area contributed by atoms with E-state index in [1.807, 2.05) is 6.07 Å². The van der Waals surface area contributed by atoms with Crippen molar-refractivity contribution in [2.24, 2.45) is 0 Å². The summed E-state index contributed by atoms with van der Waals surface area (Å²) in [5.41, 5.74) is 1.34. The largest absolute Gasteiger partial charge is 0.497 e. The number of halogens is 1. The van der Waals surface area contributed by atoms with Gasteiger partial charge in [-0.05, 0) is 42.5 Å². The van der Waals surface area contributed by atoms with Gasteiger partial charge in [-0.15, -0.1) is 0 Å². The van der Waals surface area contributed by atoms with E-state index in [2.05, 4.69) is 9.97 Å². The van der Waals surface area contributed by atoms with E-state index in [0.717, 1.165) is 5.56 Å². The van der Waals surface area contributed by atoms with E-state index in [9.17, 15) is 10.1 Å². The van der Waals surface area contributed by atoms with Gasteiger partial charge >= 0.3 is 0 Å². The van der Waals surface area contributed by atoms with Crippen molar-refractivity contribution in [1.29, 1.82) is 5.26 Å². The van der Waals surface area contributed by atoms with Crippen molar-refractivity contribution in [2.45, 2.75) is 10.9 Å². The number of aromatic amines is 1. The predicted octanol–water partition coefficient (Wildman–Crippen LogP) is 4.27. The molecule has 0 radical (unpaired) electrons.